The minimum atomic E-state index is -0.217. The topological polar surface area (TPSA) is 35.2 Å². The Morgan fingerprint density at radius 3 is 2.57 bits per heavy atom. The van der Waals surface area contributed by atoms with Crippen molar-refractivity contribution in [2.75, 3.05) is 7.11 Å². The van der Waals surface area contributed by atoms with Crippen molar-refractivity contribution < 1.29 is 4.74 Å². The van der Waals surface area contributed by atoms with E-state index >= 15 is 0 Å². The van der Waals surface area contributed by atoms with Crippen LogP contribution in [0.3, 0.4) is 0 Å². The Morgan fingerprint density at radius 2 is 1.81 bits per heavy atom. The van der Waals surface area contributed by atoms with Gasteiger partial charge in [0.2, 0.25) is 0 Å². The third kappa shape index (κ3) is 2.92. The molecule has 2 aromatic carbocycles. The fraction of sp³-hybridized carbons (Fsp3) is 0.333. The van der Waals surface area contributed by atoms with Crippen LogP contribution in [-0.2, 0) is 12.8 Å². The molecular formula is C18H20ClNO. The highest BCUT2D eigenvalue weighted by atomic mass is 35.5. The molecule has 0 bridgehead atoms. The van der Waals surface area contributed by atoms with E-state index in [0.29, 0.717) is 5.02 Å². The van der Waals surface area contributed by atoms with E-state index in [1.165, 1.54) is 30.4 Å². The van der Waals surface area contributed by atoms with Crippen LogP contribution in [0.1, 0.15) is 41.1 Å². The molecule has 1 aliphatic rings. The predicted octanol–water partition coefficient (Wildman–Crippen LogP) is 4.28. The molecule has 0 spiro atoms. The van der Waals surface area contributed by atoms with Crippen molar-refractivity contribution in [1.29, 1.82) is 0 Å². The lowest BCUT2D eigenvalue weighted by Crippen LogP contribution is -2.14. The third-order valence-electron chi connectivity index (χ3n) is 4.26. The van der Waals surface area contributed by atoms with Crippen molar-refractivity contribution in [2.24, 2.45) is 5.73 Å². The smallest absolute Gasteiger partial charge is 0.124 e. The third-order valence-corrected chi connectivity index (χ3v) is 4.49. The summed E-state index contributed by atoms with van der Waals surface area (Å²) < 4.78 is 5.42. The highest BCUT2D eigenvalue weighted by Crippen LogP contribution is 2.32. The lowest BCUT2D eigenvalue weighted by molar-refractivity contribution is 0.408. The molecule has 0 aromatic heterocycles. The monoisotopic (exact) mass is 301 g/mol. The van der Waals surface area contributed by atoms with Crippen LogP contribution in [0.2, 0.25) is 5.02 Å². The second-order valence-corrected chi connectivity index (χ2v) is 6.04. The summed E-state index contributed by atoms with van der Waals surface area (Å²) in [6.45, 7) is 0. The van der Waals surface area contributed by atoms with E-state index in [-0.39, 0.29) is 6.04 Å². The highest BCUT2D eigenvalue weighted by Gasteiger charge is 2.17. The van der Waals surface area contributed by atoms with Gasteiger partial charge in [0.05, 0.1) is 13.2 Å². The van der Waals surface area contributed by atoms with Crippen molar-refractivity contribution in [1.82, 2.24) is 0 Å². The SMILES string of the molecule is COc1ccc(Cl)cc1C(N)c1ccc2c(c1)CCCC2. The molecule has 0 aliphatic heterocycles. The van der Waals surface area contributed by atoms with Crippen molar-refractivity contribution in [2.45, 2.75) is 31.7 Å². The van der Waals surface area contributed by atoms with Gasteiger partial charge >= 0.3 is 0 Å². The number of methoxy groups -OCH3 is 1. The Labute approximate surface area is 130 Å². The summed E-state index contributed by atoms with van der Waals surface area (Å²) in [4.78, 5) is 0. The maximum Gasteiger partial charge on any atom is 0.124 e. The first kappa shape index (κ1) is 14.4. The van der Waals surface area contributed by atoms with Gasteiger partial charge < -0.3 is 10.5 Å². The van der Waals surface area contributed by atoms with Crippen LogP contribution in [0.15, 0.2) is 36.4 Å². The van der Waals surface area contributed by atoms with Crippen LogP contribution in [0.4, 0.5) is 0 Å². The van der Waals surface area contributed by atoms with Crippen molar-refractivity contribution in [3.63, 3.8) is 0 Å². The molecule has 2 aromatic rings. The minimum absolute atomic E-state index is 0.217. The molecule has 1 unspecified atom stereocenters. The van der Waals surface area contributed by atoms with Gasteiger partial charge in [0.25, 0.3) is 0 Å². The first-order chi connectivity index (χ1) is 10.2. The van der Waals surface area contributed by atoms with Crippen LogP contribution >= 0.6 is 11.6 Å². The Bertz CT molecular complexity index is 654. The van der Waals surface area contributed by atoms with E-state index in [4.69, 9.17) is 22.1 Å². The predicted molar refractivity (Wildman–Crippen MR) is 87.1 cm³/mol. The lowest BCUT2D eigenvalue weighted by atomic mass is 9.88. The van der Waals surface area contributed by atoms with Crippen LogP contribution in [0.5, 0.6) is 5.75 Å². The Hall–Kier alpha value is -1.51. The Balaban J connectivity index is 1.98. The number of rotatable bonds is 3. The summed E-state index contributed by atoms with van der Waals surface area (Å²) in [5, 5.41) is 0.680. The summed E-state index contributed by atoms with van der Waals surface area (Å²) >= 11 is 6.11. The van der Waals surface area contributed by atoms with E-state index < -0.39 is 0 Å². The fourth-order valence-electron chi connectivity index (χ4n) is 3.07. The largest absolute Gasteiger partial charge is 0.496 e. The van der Waals surface area contributed by atoms with Crippen LogP contribution in [0, 0.1) is 0 Å². The molecule has 1 aliphatic carbocycles. The molecule has 0 fully saturated rings. The van der Waals surface area contributed by atoms with Gasteiger partial charge in [-0.15, -0.1) is 0 Å². The average molecular weight is 302 g/mol. The van der Waals surface area contributed by atoms with Gasteiger partial charge in [-0.05, 0) is 60.6 Å². The summed E-state index contributed by atoms with van der Waals surface area (Å²) in [5.41, 5.74) is 11.4. The second kappa shape index (κ2) is 6.08. The molecule has 0 amide bonds. The zero-order valence-electron chi connectivity index (χ0n) is 12.2. The summed E-state index contributed by atoms with van der Waals surface area (Å²) in [5.74, 6) is 0.782. The standard InChI is InChI=1S/C18H20ClNO/c1-21-17-9-8-15(19)11-16(17)18(20)14-7-6-12-4-2-3-5-13(12)10-14/h6-11,18H,2-5,20H2,1H3. The van der Waals surface area contributed by atoms with Gasteiger partial charge in [-0.1, -0.05) is 29.8 Å². The van der Waals surface area contributed by atoms with Gasteiger partial charge in [0.1, 0.15) is 5.75 Å². The molecular weight excluding hydrogens is 282 g/mol. The average Bonchev–Trinajstić information content (AvgIpc) is 2.53. The van der Waals surface area contributed by atoms with Gasteiger partial charge in [-0.3, -0.25) is 0 Å². The summed E-state index contributed by atoms with van der Waals surface area (Å²) in [6, 6.07) is 12.0. The van der Waals surface area contributed by atoms with E-state index in [1.807, 2.05) is 18.2 Å². The molecule has 3 rings (SSSR count). The number of aryl methyl sites for hydroxylation is 2. The number of ether oxygens (including phenoxy) is 1. The van der Waals surface area contributed by atoms with E-state index in [9.17, 15) is 0 Å². The molecule has 1 atom stereocenters. The Kier molecular flexibility index (Phi) is 4.18. The van der Waals surface area contributed by atoms with Gasteiger partial charge in [0, 0.05) is 10.6 Å². The molecule has 110 valence electrons. The van der Waals surface area contributed by atoms with Gasteiger partial charge in [-0.25, -0.2) is 0 Å². The molecule has 0 saturated heterocycles. The molecule has 3 heteroatoms. The maximum absolute atomic E-state index is 6.46. The van der Waals surface area contributed by atoms with Crippen LogP contribution in [-0.4, -0.2) is 7.11 Å². The molecule has 2 nitrogen and oxygen atoms in total. The summed E-state index contributed by atoms with van der Waals surface area (Å²) in [7, 11) is 1.66. The Morgan fingerprint density at radius 1 is 1.05 bits per heavy atom. The number of nitrogens with two attached hydrogens (primary N) is 1. The number of hydrogen-bond acceptors (Lipinski definition) is 2. The first-order valence-electron chi connectivity index (χ1n) is 7.40. The number of fused-ring (bicyclic) bond motifs is 1. The second-order valence-electron chi connectivity index (χ2n) is 5.60. The van der Waals surface area contributed by atoms with Gasteiger partial charge in [0.15, 0.2) is 0 Å². The van der Waals surface area contributed by atoms with Crippen LogP contribution in [0.25, 0.3) is 0 Å². The quantitative estimate of drug-likeness (QED) is 0.918. The molecule has 21 heavy (non-hydrogen) atoms. The van der Waals surface area contributed by atoms with Crippen molar-refractivity contribution in [3.05, 3.63) is 63.7 Å². The number of hydrogen-bond donors (Lipinski definition) is 1. The normalized spacial score (nSPS) is 15.4. The van der Waals surface area contributed by atoms with Crippen molar-refractivity contribution >= 4 is 11.6 Å². The molecule has 0 saturated carbocycles. The fourth-order valence-corrected chi connectivity index (χ4v) is 3.26. The zero-order chi connectivity index (χ0) is 14.8. The zero-order valence-corrected chi connectivity index (χ0v) is 13.0. The molecule has 0 radical (unpaired) electrons. The maximum atomic E-state index is 6.46. The lowest BCUT2D eigenvalue weighted by Gasteiger charge is -2.20. The van der Waals surface area contributed by atoms with E-state index in [1.54, 1.807) is 7.11 Å². The molecule has 0 heterocycles. The number of halogens is 1. The van der Waals surface area contributed by atoms with Gasteiger partial charge in [-0.2, -0.15) is 0 Å². The summed E-state index contributed by atoms with van der Waals surface area (Å²) in [6.07, 6.45) is 4.90. The number of benzene rings is 2. The highest BCUT2D eigenvalue weighted by molar-refractivity contribution is 6.30. The first-order valence-corrected chi connectivity index (χ1v) is 7.77. The van der Waals surface area contributed by atoms with E-state index in [2.05, 4.69) is 18.2 Å². The van der Waals surface area contributed by atoms with Crippen LogP contribution < -0.4 is 10.5 Å². The van der Waals surface area contributed by atoms with E-state index in [0.717, 1.165) is 23.3 Å². The van der Waals surface area contributed by atoms with Crippen molar-refractivity contribution in [3.8, 4) is 5.75 Å². The molecule has 2 N–H and O–H groups in total. The minimum Gasteiger partial charge on any atom is -0.496 e.